The SMILES string of the molecule is Cc1ccc2c(sc3ccccc32)c1-n1ccc[n+]1C. The Kier molecular flexibility index (Phi) is 2.44. The van der Waals surface area contributed by atoms with Gasteiger partial charge in [-0.05, 0) is 18.6 Å². The minimum absolute atomic E-state index is 1.29. The molecule has 2 nitrogen and oxygen atoms in total. The van der Waals surface area contributed by atoms with E-state index in [-0.39, 0.29) is 0 Å². The van der Waals surface area contributed by atoms with Crippen LogP contribution in [0.2, 0.25) is 0 Å². The summed E-state index contributed by atoms with van der Waals surface area (Å²) < 4.78 is 7.04. The maximum absolute atomic E-state index is 2.25. The van der Waals surface area contributed by atoms with Crippen LogP contribution >= 0.6 is 11.3 Å². The van der Waals surface area contributed by atoms with E-state index in [0.29, 0.717) is 0 Å². The lowest BCUT2D eigenvalue weighted by atomic mass is 10.1. The average Bonchev–Trinajstić information content (AvgIpc) is 3.02. The molecule has 0 saturated carbocycles. The summed E-state index contributed by atoms with van der Waals surface area (Å²) in [6.45, 7) is 2.18. The van der Waals surface area contributed by atoms with Gasteiger partial charge in [-0.3, -0.25) is 0 Å². The molecule has 0 spiro atoms. The topological polar surface area (TPSA) is 8.81 Å². The Labute approximate surface area is 121 Å². The van der Waals surface area contributed by atoms with E-state index in [4.69, 9.17) is 0 Å². The van der Waals surface area contributed by atoms with Gasteiger partial charge in [0.1, 0.15) is 5.69 Å². The number of benzene rings is 2. The smallest absolute Gasteiger partial charge is 0.133 e. The minimum Gasteiger partial charge on any atom is -0.133 e. The number of rotatable bonds is 1. The maximum Gasteiger partial charge on any atom is 0.195 e. The van der Waals surface area contributed by atoms with Crippen molar-refractivity contribution in [3.05, 3.63) is 60.4 Å². The van der Waals surface area contributed by atoms with Gasteiger partial charge in [0.15, 0.2) is 13.2 Å². The molecule has 0 fully saturated rings. The molecule has 20 heavy (non-hydrogen) atoms. The van der Waals surface area contributed by atoms with Crippen LogP contribution in [0.1, 0.15) is 5.56 Å². The first kappa shape index (κ1) is 11.7. The lowest BCUT2D eigenvalue weighted by Crippen LogP contribution is -2.37. The number of thiophene rings is 1. The molecule has 0 atom stereocenters. The van der Waals surface area contributed by atoms with Gasteiger partial charge < -0.3 is 0 Å². The fourth-order valence-corrected chi connectivity index (χ4v) is 4.11. The minimum atomic E-state index is 1.29. The second kappa shape index (κ2) is 4.18. The first-order valence-corrected chi connectivity index (χ1v) is 7.52. The van der Waals surface area contributed by atoms with Gasteiger partial charge in [-0.2, -0.15) is 0 Å². The summed E-state index contributed by atoms with van der Waals surface area (Å²) in [5, 5.41) is 2.70. The van der Waals surface area contributed by atoms with Crippen LogP contribution in [-0.2, 0) is 7.05 Å². The highest BCUT2D eigenvalue weighted by molar-refractivity contribution is 7.26. The highest BCUT2D eigenvalue weighted by Gasteiger charge is 2.16. The summed E-state index contributed by atoms with van der Waals surface area (Å²) in [4.78, 5) is 0. The van der Waals surface area contributed by atoms with Gasteiger partial charge in [-0.15, -0.1) is 20.7 Å². The summed E-state index contributed by atoms with van der Waals surface area (Å²) in [5.41, 5.74) is 2.59. The zero-order valence-corrected chi connectivity index (χ0v) is 12.3. The molecule has 0 bridgehead atoms. The summed E-state index contributed by atoms with van der Waals surface area (Å²) in [5.74, 6) is 0. The van der Waals surface area contributed by atoms with Crippen molar-refractivity contribution in [2.75, 3.05) is 0 Å². The molecule has 98 valence electrons. The number of hydrogen-bond acceptors (Lipinski definition) is 1. The van der Waals surface area contributed by atoms with Crippen LogP contribution in [0.4, 0.5) is 0 Å². The summed E-state index contributed by atoms with van der Waals surface area (Å²) in [6, 6.07) is 15.2. The van der Waals surface area contributed by atoms with E-state index in [2.05, 4.69) is 78.2 Å². The standard InChI is InChI=1S/C17H15N2S/c1-12-8-9-14-13-6-3-4-7-15(13)20-17(14)16(12)19-11-5-10-18(19)2/h3-11H,1-2H3/q+1. The zero-order chi connectivity index (χ0) is 13.7. The summed E-state index contributed by atoms with van der Waals surface area (Å²) >= 11 is 1.88. The van der Waals surface area contributed by atoms with Crippen LogP contribution < -0.4 is 4.68 Å². The number of fused-ring (bicyclic) bond motifs is 3. The fourth-order valence-electron chi connectivity index (χ4n) is 2.81. The molecule has 0 unspecified atom stereocenters. The maximum atomic E-state index is 2.25. The molecule has 3 heteroatoms. The van der Waals surface area contributed by atoms with Gasteiger partial charge in [0.05, 0.1) is 10.9 Å². The van der Waals surface area contributed by atoms with Gasteiger partial charge in [-0.25, -0.2) is 0 Å². The van der Waals surface area contributed by atoms with Crippen molar-refractivity contribution < 1.29 is 4.68 Å². The number of aryl methyl sites for hydroxylation is 2. The molecule has 2 aromatic heterocycles. The van der Waals surface area contributed by atoms with E-state index in [0.717, 1.165) is 0 Å². The van der Waals surface area contributed by atoms with Gasteiger partial charge in [0, 0.05) is 21.5 Å². The number of nitrogens with zero attached hydrogens (tertiary/aromatic N) is 2. The van der Waals surface area contributed by atoms with Crippen molar-refractivity contribution in [3.8, 4) is 5.69 Å². The van der Waals surface area contributed by atoms with Crippen molar-refractivity contribution in [3.63, 3.8) is 0 Å². The van der Waals surface area contributed by atoms with Crippen molar-refractivity contribution in [1.82, 2.24) is 4.68 Å². The third kappa shape index (κ3) is 1.53. The van der Waals surface area contributed by atoms with Crippen molar-refractivity contribution in [2.24, 2.45) is 7.05 Å². The van der Waals surface area contributed by atoms with E-state index in [1.165, 1.54) is 31.4 Å². The number of aromatic nitrogens is 2. The molecule has 0 saturated heterocycles. The van der Waals surface area contributed by atoms with E-state index < -0.39 is 0 Å². The molecule has 0 N–H and O–H groups in total. The predicted octanol–water partition coefficient (Wildman–Crippen LogP) is 3.98. The van der Waals surface area contributed by atoms with Crippen molar-refractivity contribution in [1.29, 1.82) is 0 Å². The van der Waals surface area contributed by atoms with Crippen molar-refractivity contribution in [2.45, 2.75) is 6.92 Å². The van der Waals surface area contributed by atoms with E-state index in [1.807, 2.05) is 11.3 Å². The quantitative estimate of drug-likeness (QED) is 0.466. The lowest BCUT2D eigenvalue weighted by Gasteiger charge is -2.06. The van der Waals surface area contributed by atoms with Gasteiger partial charge in [0.2, 0.25) is 0 Å². The van der Waals surface area contributed by atoms with E-state index in [1.54, 1.807) is 0 Å². The summed E-state index contributed by atoms with van der Waals surface area (Å²) in [6.07, 6.45) is 4.19. The molecule has 0 radical (unpaired) electrons. The molecule has 2 heterocycles. The average molecular weight is 279 g/mol. The molecule has 4 aromatic rings. The van der Waals surface area contributed by atoms with E-state index in [9.17, 15) is 0 Å². The highest BCUT2D eigenvalue weighted by Crippen LogP contribution is 2.38. The van der Waals surface area contributed by atoms with Gasteiger partial charge in [-0.1, -0.05) is 30.3 Å². The zero-order valence-electron chi connectivity index (χ0n) is 11.5. The Morgan fingerprint density at radius 1 is 1.00 bits per heavy atom. The van der Waals surface area contributed by atoms with Crippen LogP contribution in [-0.4, -0.2) is 4.68 Å². The molecule has 4 rings (SSSR count). The molecule has 0 aliphatic rings. The Bertz CT molecular complexity index is 931. The summed E-state index contributed by atoms with van der Waals surface area (Å²) in [7, 11) is 2.07. The Morgan fingerprint density at radius 3 is 2.65 bits per heavy atom. The lowest BCUT2D eigenvalue weighted by molar-refractivity contribution is -0.744. The second-order valence-electron chi connectivity index (χ2n) is 5.11. The number of hydrogen-bond donors (Lipinski definition) is 0. The van der Waals surface area contributed by atoms with Crippen LogP contribution in [0.25, 0.3) is 25.9 Å². The van der Waals surface area contributed by atoms with E-state index >= 15 is 0 Å². The normalized spacial score (nSPS) is 11.5. The monoisotopic (exact) mass is 279 g/mol. The van der Waals surface area contributed by atoms with Crippen LogP contribution in [0.15, 0.2) is 54.9 Å². The largest absolute Gasteiger partial charge is 0.195 e. The van der Waals surface area contributed by atoms with Crippen molar-refractivity contribution >= 4 is 31.5 Å². The Balaban J connectivity index is 2.19. The Morgan fingerprint density at radius 2 is 1.85 bits per heavy atom. The molecular formula is C17H15N2S+. The van der Waals surface area contributed by atoms with Gasteiger partial charge >= 0.3 is 0 Å². The molecule has 0 amide bonds. The molecular weight excluding hydrogens is 264 g/mol. The molecule has 0 aliphatic carbocycles. The van der Waals surface area contributed by atoms with Crippen LogP contribution in [0, 0.1) is 6.92 Å². The second-order valence-corrected chi connectivity index (χ2v) is 6.17. The third-order valence-electron chi connectivity index (χ3n) is 3.82. The molecule has 0 aliphatic heterocycles. The van der Waals surface area contributed by atoms with Gasteiger partial charge in [0.25, 0.3) is 0 Å². The van der Waals surface area contributed by atoms with Crippen LogP contribution in [0.5, 0.6) is 0 Å². The highest BCUT2D eigenvalue weighted by atomic mass is 32.1. The Hall–Kier alpha value is -2.13. The first-order chi connectivity index (χ1) is 9.75. The third-order valence-corrected chi connectivity index (χ3v) is 5.01. The van der Waals surface area contributed by atoms with Crippen LogP contribution in [0.3, 0.4) is 0 Å². The molecule has 2 aromatic carbocycles. The fraction of sp³-hybridized carbons (Fsp3) is 0.118. The predicted molar refractivity (Wildman–Crippen MR) is 84.6 cm³/mol. The first-order valence-electron chi connectivity index (χ1n) is 6.70.